The lowest BCUT2D eigenvalue weighted by Gasteiger charge is -2.12. The number of nitrogens with zero attached hydrogens (tertiary/aromatic N) is 1. The second kappa shape index (κ2) is 6.20. The van der Waals surface area contributed by atoms with Crippen molar-refractivity contribution in [1.29, 1.82) is 5.26 Å². The van der Waals surface area contributed by atoms with Crippen LogP contribution in [-0.4, -0.2) is 14.5 Å². The van der Waals surface area contributed by atoms with Crippen LogP contribution in [0.2, 0.25) is 0 Å². The molecule has 1 N–H and O–H groups in total. The van der Waals surface area contributed by atoms with E-state index in [1.165, 1.54) is 0 Å². The van der Waals surface area contributed by atoms with Crippen LogP contribution in [0.25, 0.3) is 0 Å². The Morgan fingerprint density at radius 2 is 2.11 bits per heavy atom. The van der Waals surface area contributed by atoms with Crippen molar-refractivity contribution < 1.29 is 8.42 Å². The molecule has 4 nitrogen and oxygen atoms in total. The maximum absolute atomic E-state index is 11.9. The average molecular weight is 262 g/mol. The lowest BCUT2D eigenvalue weighted by atomic mass is 10.1. The molecule has 0 spiro atoms. The first-order valence-corrected chi connectivity index (χ1v) is 7.05. The van der Waals surface area contributed by atoms with Crippen LogP contribution < -0.4 is 4.72 Å². The van der Waals surface area contributed by atoms with Crippen LogP contribution in [0.15, 0.2) is 24.3 Å². The van der Waals surface area contributed by atoms with Crippen molar-refractivity contribution >= 4 is 10.0 Å². The number of sulfonamides is 1. The molecule has 0 amide bonds. The summed E-state index contributed by atoms with van der Waals surface area (Å²) in [5.74, 6) is 2.18. The minimum atomic E-state index is -3.49. The van der Waals surface area contributed by atoms with Gasteiger partial charge in [0.2, 0.25) is 10.0 Å². The highest BCUT2D eigenvalue weighted by Crippen LogP contribution is 2.11. The Morgan fingerprint density at radius 3 is 2.72 bits per heavy atom. The second-order valence-electron chi connectivity index (χ2n) is 3.96. The van der Waals surface area contributed by atoms with Gasteiger partial charge in [0.1, 0.15) is 0 Å². The van der Waals surface area contributed by atoms with E-state index in [1.807, 2.05) is 6.07 Å². The van der Waals surface area contributed by atoms with Crippen molar-refractivity contribution in [2.75, 3.05) is 0 Å². The quantitative estimate of drug-likeness (QED) is 0.815. The highest BCUT2D eigenvalue weighted by atomic mass is 32.2. The van der Waals surface area contributed by atoms with E-state index in [-0.39, 0.29) is 11.8 Å². The van der Waals surface area contributed by atoms with Gasteiger partial charge >= 0.3 is 0 Å². The van der Waals surface area contributed by atoms with Gasteiger partial charge in [-0.2, -0.15) is 5.26 Å². The standard InChI is InChI=1S/C13H14N2O2S/c1-3-6-11(2)15-18(16,17)10-13-8-5-4-7-12(13)9-14/h1,4-5,7-8,11,15H,6,10H2,2H3. The Kier molecular flexibility index (Phi) is 4.91. The SMILES string of the molecule is C#CCC(C)NS(=O)(=O)Cc1ccccc1C#N. The van der Waals surface area contributed by atoms with Gasteiger partial charge in [0, 0.05) is 12.5 Å². The third kappa shape index (κ3) is 4.21. The Morgan fingerprint density at radius 1 is 1.44 bits per heavy atom. The van der Waals surface area contributed by atoms with E-state index < -0.39 is 10.0 Å². The molecule has 0 aromatic heterocycles. The largest absolute Gasteiger partial charge is 0.216 e. The summed E-state index contributed by atoms with van der Waals surface area (Å²) in [5, 5.41) is 8.89. The number of benzene rings is 1. The smallest absolute Gasteiger partial charge is 0.212 e. The van der Waals surface area contributed by atoms with Gasteiger partial charge in [0.05, 0.1) is 17.4 Å². The molecule has 0 aliphatic heterocycles. The van der Waals surface area contributed by atoms with Crippen LogP contribution in [0, 0.1) is 23.7 Å². The third-order valence-corrected chi connectivity index (χ3v) is 3.74. The minimum Gasteiger partial charge on any atom is -0.212 e. The van der Waals surface area contributed by atoms with Gasteiger partial charge in [0.15, 0.2) is 0 Å². The molecule has 0 saturated carbocycles. The zero-order chi connectivity index (χ0) is 13.6. The number of rotatable bonds is 5. The Balaban J connectivity index is 2.84. The van der Waals surface area contributed by atoms with E-state index in [0.29, 0.717) is 17.5 Å². The molecule has 5 heteroatoms. The zero-order valence-electron chi connectivity index (χ0n) is 10.1. The lowest BCUT2D eigenvalue weighted by molar-refractivity contribution is 0.563. The summed E-state index contributed by atoms with van der Waals surface area (Å²) in [6.07, 6.45) is 5.45. The van der Waals surface area contributed by atoms with E-state index in [2.05, 4.69) is 10.6 Å². The average Bonchev–Trinajstić information content (AvgIpc) is 2.28. The summed E-state index contributed by atoms with van der Waals surface area (Å²) < 4.78 is 26.2. The lowest BCUT2D eigenvalue weighted by Crippen LogP contribution is -2.33. The van der Waals surface area contributed by atoms with Gasteiger partial charge in [-0.3, -0.25) is 0 Å². The maximum atomic E-state index is 11.9. The van der Waals surface area contributed by atoms with Crippen molar-refractivity contribution in [3.63, 3.8) is 0 Å². The molecule has 0 radical (unpaired) electrons. The molecular weight excluding hydrogens is 248 g/mol. The number of hydrogen-bond acceptors (Lipinski definition) is 3. The highest BCUT2D eigenvalue weighted by molar-refractivity contribution is 7.88. The number of nitrogens with one attached hydrogen (secondary N) is 1. The molecule has 1 atom stereocenters. The topological polar surface area (TPSA) is 70.0 Å². The van der Waals surface area contributed by atoms with E-state index in [4.69, 9.17) is 11.7 Å². The van der Waals surface area contributed by atoms with E-state index >= 15 is 0 Å². The molecule has 94 valence electrons. The first-order valence-electron chi connectivity index (χ1n) is 5.40. The van der Waals surface area contributed by atoms with Gasteiger partial charge < -0.3 is 0 Å². The fourth-order valence-corrected chi connectivity index (χ4v) is 2.97. The fourth-order valence-electron chi connectivity index (χ4n) is 1.53. The Bertz CT molecular complexity index is 594. The van der Waals surface area contributed by atoms with E-state index in [1.54, 1.807) is 31.2 Å². The van der Waals surface area contributed by atoms with E-state index in [0.717, 1.165) is 0 Å². The summed E-state index contributed by atoms with van der Waals surface area (Å²) in [5.41, 5.74) is 0.855. The van der Waals surface area contributed by atoms with Crippen LogP contribution in [0.4, 0.5) is 0 Å². The van der Waals surface area contributed by atoms with Crippen LogP contribution in [0.3, 0.4) is 0 Å². The summed E-state index contributed by atoms with van der Waals surface area (Å²) in [6.45, 7) is 1.70. The minimum absolute atomic E-state index is 0.217. The van der Waals surface area contributed by atoms with Crippen molar-refractivity contribution in [3.05, 3.63) is 35.4 Å². The zero-order valence-corrected chi connectivity index (χ0v) is 10.9. The normalized spacial score (nSPS) is 12.4. The van der Waals surface area contributed by atoms with Gasteiger partial charge in [-0.15, -0.1) is 12.3 Å². The number of terminal acetylenes is 1. The van der Waals surface area contributed by atoms with Gasteiger partial charge in [-0.25, -0.2) is 13.1 Å². The van der Waals surface area contributed by atoms with Gasteiger partial charge in [-0.05, 0) is 18.6 Å². The Hall–Kier alpha value is -1.82. The highest BCUT2D eigenvalue weighted by Gasteiger charge is 2.16. The molecule has 1 rings (SSSR count). The molecule has 1 aromatic carbocycles. The van der Waals surface area contributed by atoms with Crippen LogP contribution >= 0.6 is 0 Å². The van der Waals surface area contributed by atoms with Gasteiger partial charge in [-0.1, -0.05) is 18.2 Å². The fraction of sp³-hybridized carbons (Fsp3) is 0.308. The molecule has 0 aliphatic carbocycles. The second-order valence-corrected chi connectivity index (χ2v) is 5.71. The van der Waals surface area contributed by atoms with Crippen LogP contribution in [0.1, 0.15) is 24.5 Å². The van der Waals surface area contributed by atoms with Crippen molar-refractivity contribution in [2.45, 2.75) is 25.1 Å². The first kappa shape index (κ1) is 14.2. The van der Waals surface area contributed by atoms with Crippen molar-refractivity contribution in [2.24, 2.45) is 0 Å². The summed E-state index contributed by atoms with van der Waals surface area (Å²) in [7, 11) is -3.49. The molecule has 0 aliphatic rings. The molecule has 0 heterocycles. The third-order valence-electron chi connectivity index (χ3n) is 2.29. The van der Waals surface area contributed by atoms with Gasteiger partial charge in [0.25, 0.3) is 0 Å². The molecular formula is C13H14N2O2S. The van der Waals surface area contributed by atoms with Crippen LogP contribution in [0.5, 0.6) is 0 Å². The Labute approximate surface area is 108 Å². The predicted octanol–water partition coefficient (Wildman–Crippen LogP) is 1.39. The number of hydrogen-bond donors (Lipinski definition) is 1. The molecule has 0 fully saturated rings. The summed E-state index contributed by atoms with van der Waals surface area (Å²) in [4.78, 5) is 0. The van der Waals surface area contributed by atoms with Crippen molar-refractivity contribution in [1.82, 2.24) is 4.72 Å². The van der Waals surface area contributed by atoms with Crippen molar-refractivity contribution in [3.8, 4) is 18.4 Å². The monoisotopic (exact) mass is 262 g/mol. The molecule has 1 aromatic rings. The number of nitriles is 1. The van der Waals surface area contributed by atoms with E-state index in [9.17, 15) is 8.42 Å². The summed E-state index contributed by atoms with van der Waals surface area (Å²) in [6, 6.07) is 8.29. The maximum Gasteiger partial charge on any atom is 0.216 e. The molecule has 18 heavy (non-hydrogen) atoms. The first-order chi connectivity index (χ1) is 8.48. The summed E-state index contributed by atoms with van der Waals surface area (Å²) >= 11 is 0. The molecule has 1 unspecified atom stereocenters. The molecule has 0 bridgehead atoms. The predicted molar refractivity (Wildman–Crippen MR) is 69.8 cm³/mol. The molecule has 0 saturated heterocycles. The van der Waals surface area contributed by atoms with Crippen LogP contribution in [-0.2, 0) is 15.8 Å².